The molecule has 94 valence electrons. The quantitative estimate of drug-likeness (QED) is 0.559. The van der Waals surface area contributed by atoms with Gasteiger partial charge in [-0.05, 0) is 38.1 Å². The predicted molar refractivity (Wildman–Crippen MR) is 65.3 cm³/mol. The zero-order chi connectivity index (χ0) is 12.0. The van der Waals surface area contributed by atoms with E-state index in [-0.39, 0.29) is 5.97 Å². The third-order valence-corrected chi connectivity index (χ3v) is 3.51. The van der Waals surface area contributed by atoms with Crippen molar-refractivity contribution in [1.82, 2.24) is 5.32 Å². The van der Waals surface area contributed by atoms with Crippen molar-refractivity contribution in [1.29, 1.82) is 0 Å². The monoisotopic (exact) mass is 227 g/mol. The topological polar surface area (TPSA) is 38.3 Å². The zero-order valence-electron chi connectivity index (χ0n) is 10.8. The fraction of sp³-hybridized carbons (Fsp3) is 0.923. The average Bonchev–Trinajstić information content (AvgIpc) is 2.53. The Morgan fingerprint density at radius 1 is 1.50 bits per heavy atom. The van der Waals surface area contributed by atoms with E-state index >= 15 is 0 Å². The van der Waals surface area contributed by atoms with Crippen LogP contribution < -0.4 is 5.32 Å². The Kier molecular flexibility index (Phi) is 5.26. The lowest BCUT2D eigenvalue weighted by Gasteiger charge is -2.27. The van der Waals surface area contributed by atoms with Crippen molar-refractivity contribution in [3.8, 4) is 0 Å². The molecule has 16 heavy (non-hydrogen) atoms. The van der Waals surface area contributed by atoms with Crippen molar-refractivity contribution in [3.63, 3.8) is 0 Å². The highest BCUT2D eigenvalue weighted by Crippen LogP contribution is 2.36. The van der Waals surface area contributed by atoms with Crippen molar-refractivity contribution in [2.24, 2.45) is 5.41 Å². The number of nitrogens with one attached hydrogen (secondary N) is 1. The van der Waals surface area contributed by atoms with E-state index in [0.29, 0.717) is 24.5 Å². The highest BCUT2D eigenvalue weighted by molar-refractivity contribution is 5.69. The van der Waals surface area contributed by atoms with Crippen LogP contribution in [0.2, 0.25) is 0 Å². The second kappa shape index (κ2) is 6.24. The maximum Gasteiger partial charge on any atom is 0.305 e. The van der Waals surface area contributed by atoms with Gasteiger partial charge in [-0.3, -0.25) is 4.79 Å². The first-order valence-electron chi connectivity index (χ1n) is 6.45. The molecule has 3 heteroatoms. The van der Waals surface area contributed by atoms with E-state index in [0.717, 1.165) is 13.0 Å². The van der Waals surface area contributed by atoms with E-state index in [4.69, 9.17) is 4.74 Å². The smallest absolute Gasteiger partial charge is 0.305 e. The van der Waals surface area contributed by atoms with E-state index in [1.165, 1.54) is 19.3 Å². The molecule has 0 aromatic rings. The van der Waals surface area contributed by atoms with Crippen LogP contribution in [0.25, 0.3) is 0 Å². The van der Waals surface area contributed by atoms with Gasteiger partial charge in [0.05, 0.1) is 6.61 Å². The van der Waals surface area contributed by atoms with Crippen molar-refractivity contribution in [2.45, 2.75) is 58.9 Å². The highest BCUT2D eigenvalue weighted by atomic mass is 16.5. The minimum atomic E-state index is -0.0741. The van der Waals surface area contributed by atoms with Crippen molar-refractivity contribution >= 4 is 5.97 Å². The molecule has 1 atom stereocenters. The first-order chi connectivity index (χ1) is 7.56. The van der Waals surface area contributed by atoms with E-state index < -0.39 is 0 Å². The van der Waals surface area contributed by atoms with Crippen LogP contribution in [0.5, 0.6) is 0 Å². The zero-order valence-corrected chi connectivity index (χ0v) is 10.8. The number of hydrogen-bond donors (Lipinski definition) is 1. The summed E-state index contributed by atoms with van der Waals surface area (Å²) in [5.74, 6) is -0.0741. The molecule has 0 aromatic carbocycles. The molecule has 1 saturated carbocycles. The normalized spacial score (nSPS) is 23.3. The van der Waals surface area contributed by atoms with Gasteiger partial charge in [0, 0.05) is 12.5 Å². The van der Waals surface area contributed by atoms with Crippen molar-refractivity contribution in [3.05, 3.63) is 0 Å². The molecule has 0 radical (unpaired) electrons. The molecule has 0 saturated heterocycles. The van der Waals surface area contributed by atoms with Gasteiger partial charge < -0.3 is 10.1 Å². The highest BCUT2D eigenvalue weighted by Gasteiger charge is 2.33. The van der Waals surface area contributed by atoms with Crippen LogP contribution >= 0.6 is 0 Å². The molecule has 1 rings (SSSR count). The maximum atomic E-state index is 11.1. The summed E-state index contributed by atoms with van der Waals surface area (Å²) in [6.45, 7) is 7.90. The molecule has 0 spiro atoms. The molecular formula is C13H25NO2. The molecule has 0 bridgehead atoms. The Hall–Kier alpha value is -0.570. The molecule has 0 aliphatic heterocycles. The Labute approximate surface area is 98.9 Å². The summed E-state index contributed by atoms with van der Waals surface area (Å²) in [5, 5.41) is 3.56. The van der Waals surface area contributed by atoms with Crippen LogP contribution in [0.1, 0.15) is 52.9 Å². The summed E-state index contributed by atoms with van der Waals surface area (Å²) in [6.07, 6.45) is 5.32. The second-order valence-electron chi connectivity index (χ2n) is 5.30. The van der Waals surface area contributed by atoms with Gasteiger partial charge in [0.15, 0.2) is 0 Å². The molecule has 1 aliphatic carbocycles. The lowest BCUT2D eigenvalue weighted by Crippen LogP contribution is -2.38. The summed E-state index contributed by atoms with van der Waals surface area (Å²) in [6, 6.07) is 0.620. The number of carbonyl (C=O) groups excluding carboxylic acids is 1. The number of ether oxygens (including phenoxy) is 1. The van der Waals surface area contributed by atoms with Gasteiger partial charge in [-0.25, -0.2) is 0 Å². The van der Waals surface area contributed by atoms with Crippen molar-refractivity contribution < 1.29 is 9.53 Å². The molecular weight excluding hydrogens is 202 g/mol. The molecule has 0 heterocycles. The van der Waals surface area contributed by atoms with Crippen LogP contribution in [0.4, 0.5) is 0 Å². The van der Waals surface area contributed by atoms with E-state index in [1.54, 1.807) is 0 Å². The molecule has 1 N–H and O–H groups in total. The lowest BCUT2D eigenvalue weighted by molar-refractivity contribution is -0.143. The van der Waals surface area contributed by atoms with Gasteiger partial charge in [0.1, 0.15) is 0 Å². The summed E-state index contributed by atoms with van der Waals surface area (Å²) < 4.78 is 4.89. The summed E-state index contributed by atoms with van der Waals surface area (Å²) in [5.41, 5.74) is 0.421. The number of hydrogen-bond acceptors (Lipinski definition) is 3. The van der Waals surface area contributed by atoms with Gasteiger partial charge in [-0.1, -0.05) is 20.3 Å². The Morgan fingerprint density at radius 2 is 2.25 bits per heavy atom. The third-order valence-electron chi connectivity index (χ3n) is 3.51. The summed E-state index contributed by atoms with van der Waals surface area (Å²) in [4.78, 5) is 11.1. The lowest BCUT2D eigenvalue weighted by atomic mass is 9.87. The number of carbonyl (C=O) groups is 1. The van der Waals surface area contributed by atoms with Gasteiger partial charge in [0.2, 0.25) is 0 Å². The molecule has 3 nitrogen and oxygen atoms in total. The fourth-order valence-electron chi connectivity index (χ4n) is 2.45. The van der Waals surface area contributed by atoms with Crippen LogP contribution in [0.3, 0.4) is 0 Å². The second-order valence-corrected chi connectivity index (χ2v) is 5.30. The summed E-state index contributed by atoms with van der Waals surface area (Å²) >= 11 is 0. The van der Waals surface area contributed by atoms with Crippen LogP contribution in [-0.4, -0.2) is 25.2 Å². The first kappa shape index (κ1) is 13.5. The minimum absolute atomic E-state index is 0.0741. The SMILES string of the molecule is CCOC(=O)CCCNC1CCCC1(C)C. The Bertz CT molecular complexity index is 226. The van der Waals surface area contributed by atoms with E-state index in [9.17, 15) is 4.79 Å². The number of esters is 1. The van der Waals surface area contributed by atoms with E-state index in [1.807, 2.05) is 6.92 Å². The molecule has 0 aromatic heterocycles. The fourth-order valence-corrected chi connectivity index (χ4v) is 2.45. The van der Waals surface area contributed by atoms with Crippen LogP contribution in [-0.2, 0) is 9.53 Å². The standard InChI is InChI=1S/C13H25NO2/c1-4-16-12(15)8-6-10-14-11-7-5-9-13(11,2)3/h11,14H,4-10H2,1-3H3. The first-order valence-corrected chi connectivity index (χ1v) is 6.45. The van der Waals surface area contributed by atoms with Gasteiger partial charge in [-0.15, -0.1) is 0 Å². The summed E-state index contributed by atoms with van der Waals surface area (Å²) in [7, 11) is 0. The minimum Gasteiger partial charge on any atom is -0.466 e. The predicted octanol–water partition coefficient (Wildman–Crippen LogP) is 2.50. The van der Waals surface area contributed by atoms with Crippen LogP contribution in [0, 0.1) is 5.41 Å². The van der Waals surface area contributed by atoms with Gasteiger partial charge in [-0.2, -0.15) is 0 Å². The van der Waals surface area contributed by atoms with Gasteiger partial charge in [0.25, 0.3) is 0 Å². The Morgan fingerprint density at radius 3 is 2.81 bits per heavy atom. The molecule has 0 amide bonds. The average molecular weight is 227 g/mol. The van der Waals surface area contributed by atoms with Crippen molar-refractivity contribution in [2.75, 3.05) is 13.2 Å². The number of rotatable bonds is 6. The maximum absolute atomic E-state index is 11.1. The Balaban J connectivity index is 2.09. The molecule has 1 unspecified atom stereocenters. The van der Waals surface area contributed by atoms with Gasteiger partial charge >= 0.3 is 5.97 Å². The van der Waals surface area contributed by atoms with Crippen LogP contribution in [0.15, 0.2) is 0 Å². The van der Waals surface area contributed by atoms with E-state index in [2.05, 4.69) is 19.2 Å². The largest absolute Gasteiger partial charge is 0.466 e. The third kappa shape index (κ3) is 4.12. The molecule has 1 aliphatic rings. The molecule has 1 fully saturated rings.